The van der Waals surface area contributed by atoms with Crippen LogP contribution in [0.1, 0.15) is 101 Å². The molecule has 5 fully saturated rings. The number of likely N-dealkylation sites (tertiary alicyclic amines) is 2. The molecule has 9 heterocycles. The van der Waals surface area contributed by atoms with Gasteiger partial charge in [-0.2, -0.15) is 0 Å². The second-order valence-corrected chi connectivity index (χ2v) is 23.0. The molecule has 2 amide bonds. The Hall–Kier alpha value is -6.90. The van der Waals surface area contributed by atoms with Gasteiger partial charge in [0, 0.05) is 80.5 Å². The number of aliphatic hydroxyl groups is 1. The van der Waals surface area contributed by atoms with E-state index in [4.69, 9.17) is 19.7 Å². The first kappa shape index (κ1) is 52.2. The Bertz CT molecular complexity index is 3000. The molecule has 19 nitrogen and oxygen atoms in total. The van der Waals surface area contributed by atoms with Gasteiger partial charge in [0.25, 0.3) is 5.88 Å². The number of benzene rings is 1. The summed E-state index contributed by atoms with van der Waals surface area (Å²) in [5.74, 6) is 1.60. The number of aromatic hydroxyl groups is 1. The molecule has 5 N–H and O–H groups in total. The van der Waals surface area contributed by atoms with Gasteiger partial charge in [0.2, 0.25) is 17.7 Å². The molecule has 4 aliphatic heterocycles. The number of aliphatic hydroxyl groups excluding tert-OH is 1. The van der Waals surface area contributed by atoms with Gasteiger partial charge < -0.3 is 54.9 Å². The Labute approximate surface area is 453 Å². The van der Waals surface area contributed by atoms with Crippen LogP contribution in [-0.2, 0) is 9.59 Å². The first-order valence-electron chi connectivity index (χ1n) is 27.4. The molecule has 77 heavy (non-hydrogen) atoms. The van der Waals surface area contributed by atoms with Gasteiger partial charge in [-0.25, -0.2) is 9.97 Å². The average Bonchev–Trinajstić information content (AvgIpc) is 4.22. The fourth-order valence-electron chi connectivity index (χ4n) is 12.3. The third kappa shape index (κ3) is 11.4. The van der Waals surface area contributed by atoms with Crippen molar-refractivity contribution in [2.75, 3.05) is 61.4 Å². The van der Waals surface area contributed by atoms with Crippen molar-refractivity contribution in [1.29, 1.82) is 0 Å². The molecule has 1 aliphatic carbocycles. The normalized spacial score (nSPS) is 23.5. The lowest BCUT2D eigenvalue weighted by Crippen LogP contribution is -2.54. The van der Waals surface area contributed by atoms with Crippen LogP contribution in [0.3, 0.4) is 0 Å². The highest BCUT2D eigenvalue weighted by molar-refractivity contribution is 7.13. The zero-order valence-electron chi connectivity index (χ0n) is 44.3. The van der Waals surface area contributed by atoms with Gasteiger partial charge >= 0.3 is 0 Å². The number of aryl methyl sites for hydroxylation is 1. The van der Waals surface area contributed by atoms with Gasteiger partial charge in [0.1, 0.15) is 23.8 Å². The van der Waals surface area contributed by atoms with Crippen molar-refractivity contribution in [3.63, 3.8) is 0 Å². The van der Waals surface area contributed by atoms with Gasteiger partial charge in [-0.1, -0.05) is 32.0 Å². The van der Waals surface area contributed by atoms with Crippen molar-refractivity contribution in [2.24, 2.45) is 17.8 Å². The van der Waals surface area contributed by atoms with E-state index in [9.17, 15) is 19.8 Å². The molecule has 20 heteroatoms. The molecule has 0 spiro atoms. The number of piperazine rings is 1. The number of phenolic OH excluding ortho intramolecular Hbond substituents is 1. The molecular weight excluding hydrogens is 997 g/mol. The number of nitrogens with zero attached hydrogens (tertiary/aromatic N) is 10. The number of fused-ring (bicyclic) bond motifs is 2. The number of rotatable bonds is 18. The summed E-state index contributed by atoms with van der Waals surface area (Å²) < 4.78 is 18.3. The van der Waals surface area contributed by atoms with Crippen LogP contribution in [-0.4, -0.2) is 138 Å². The van der Waals surface area contributed by atoms with E-state index < -0.39 is 18.1 Å². The lowest BCUT2D eigenvalue weighted by Gasteiger charge is -2.43. The molecule has 1 aromatic carbocycles. The maximum Gasteiger partial charge on any atom is 0.254 e. The summed E-state index contributed by atoms with van der Waals surface area (Å²) in [6.07, 6.45) is 10.4. The maximum atomic E-state index is 14.3. The zero-order chi connectivity index (χ0) is 53.3. The van der Waals surface area contributed by atoms with Crippen LogP contribution in [0.4, 0.5) is 17.2 Å². The number of nitrogens with one attached hydrogen (secondary N) is 1. The number of hydrogen-bond acceptors (Lipinski definition) is 18. The maximum absolute atomic E-state index is 14.3. The summed E-state index contributed by atoms with van der Waals surface area (Å²) in [6.45, 7) is 13.0. The van der Waals surface area contributed by atoms with E-state index in [1.165, 1.54) is 16.2 Å². The van der Waals surface area contributed by atoms with E-state index in [1.807, 2.05) is 64.2 Å². The van der Waals surface area contributed by atoms with Crippen LogP contribution in [0.2, 0.25) is 0 Å². The van der Waals surface area contributed by atoms with Gasteiger partial charge in [0.05, 0.1) is 51.9 Å². The number of thiazole rings is 1. The molecule has 11 rings (SSSR count). The predicted octanol–water partition coefficient (Wildman–Crippen LogP) is 7.42. The number of carbonyl (C=O) groups is 2. The van der Waals surface area contributed by atoms with E-state index in [0.29, 0.717) is 65.1 Å². The van der Waals surface area contributed by atoms with Crippen molar-refractivity contribution in [3.05, 3.63) is 95.6 Å². The number of para-hydroxylation sites is 1. The summed E-state index contributed by atoms with van der Waals surface area (Å²) >= 11 is 1.53. The number of ether oxygens (including phenoxy) is 2. The number of anilines is 3. The summed E-state index contributed by atoms with van der Waals surface area (Å²) in [6, 6.07) is 18.3. The van der Waals surface area contributed by atoms with Crippen molar-refractivity contribution < 1.29 is 33.8 Å². The molecule has 1 saturated carbocycles. The molecule has 5 aliphatic rings. The molecular formula is C57H70N12O7S. The highest BCUT2D eigenvalue weighted by Crippen LogP contribution is 2.41. The Morgan fingerprint density at radius 2 is 1.69 bits per heavy atom. The van der Waals surface area contributed by atoms with Crippen LogP contribution in [0, 0.1) is 24.7 Å². The van der Waals surface area contributed by atoms with Crippen LogP contribution in [0.5, 0.6) is 17.5 Å². The number of piperidine rings is 1. The van der Waals surface area contributed by atoms with E-state index in [-0.39, 0.29) is 48.6 Å². The fraction of sp³-hybridized carbons (Fsp3) is 0.509. The van der Waals surface area contributed by atoms with Crippen molar-refractivity contribution in [1.82, 2.24) is 45.4 Å². The number of amides is 2. The van der Waals surface area contributed by atoms with Crippen LogP contribution in [0.25, 0.3) is 21.8 Å². The Kier molecular flexibility index (Phi) is 15.3. The van der Waals surface area contributed by atoms with Crippen molar-refractivity contribution in [3.8, 4) is 39.3 Å². The van der Waals surface area contributed by atoms with Gasteiger partial charge in [-0.15, -0.1) is 21.5 Å². The molecule has 6 aromatic rings. The predicted molar refractivity (Wildman–Crippen MR) is 293 cm³/mol. The summed E-state index contributed by atoms with van der Waals surface area (Å²) in [5.41, 5.74) is 14.0. The highest BCUT2D eigenvalue weighted by atomic mass is 32.1. The Balaban J connectivity index is 0.601. The number of phenols is 1. The number of aromatic nitrogens is 6. The van der Waals surface area contributed by atoms with Gasteiger partial charge in [-0.3, -0.25) is 14.6 Å². The lowest BCUT2D eigenvalue weighted by molar-refractivity contribution is -0.141. The summed E-state index contributed by atoms with van der Waals surface area (Å²) in [7, 11) is 0. The van der Waals surface area contributed by atoms with Crippen molar-refractivity contribution >= 4 is 40.3 Å². The molecule has 2 unspecified atom stereocenters. The molecule has 6 atom stereocenters. The Morgan fingerprint density at radius 3 is 2.42 bits per heavy atom. The smallest absolute Gasteiger partial charge is 0.254 e. The largest absolute Gasteiger partial charge is 0.507 e. The second-order valence-electron chi connectivity index (χ2n) is 22.2. The lowest BCUT2D eigenvalue weighted by atomic mass is 9.81. The molecule has 0 radical (unpaired) electrons. The van der Waals surface area contributed by atoms with E-state index in [0.717, 1.165) is 111 Å². The standard InChI is InChI=1S/C57H70N12O7S/c1-33(2)53(57(73)68-31-42(70)24-48(68)56(72)62-34(3)38-9-12-45(60-27-38)54-35(4)61-32-77-54)50-26-52(65-76-50)74-20-16-36-14-18-66(19-15-36)28-37-21-43(22-37)75-51-23-39(13-17-59-51)69-40-10-11-41(69)30-67(29-40)47-25-46(63-64-55(47)58)44-7-5-6-8-49(44)71/h5-9,12-13,17,23,25-27,32-34,36-37,40-43,48,53,70-71H,10-11,14-16,18-22,24,28-31H2,1-4H3,(H2,58,64)(H,62,72)/t34-,37-,40?,41?,42+,43-,48-,53-/m0/s1. The third-order valence-corrected chi connectivity index (χ3v) is 17.5. The van der Waals surface area contributed by atoms with Crippen LogP contribution >= 0.6 is 11.3 Å². The minimum absolute atomic E-state index is 0.0515. The van der Waals surface area contributed by atoms with E-state index >= 15 is 0 Å². The fourth-order valence-corrected chi connectivity index (χ4v) is 13.1. The number of hydrogen-bond donors (Lipinski definition) is 4. The zero-order valence-corrected chi connectivity index (χ0v) is 45.1. The molecule has 406 valence electrons. The minimum atomic E-state index is -0.839. The quantitative estimate of drug-likeness (QED) is 0.0656. The summed E-state index contributed by atoms with van der Waals surface area (Å²) in [4.78, 5) is 51.5. The number of carbonyl (C=O) groups excluding carboxylic acids is 2. The molecule has 5 aromatic heterocycles. The third-order valence-electron chi connectivity index (χ3n) is 16.5. The number of β-amino-alcohol motifs (C(OH)–C–C–N with tert-alkyl or cyclic N) is 1. The monoisotopic (exact) mass is 1070 g/mol. The average molecular weight is 1070 g/mol. The highest BCUT2D eigenvalue weighted by Gasteiger charge is 2.44. The van der Waals surface area contributed by atoms with Gasteiger partial charge in [0.15, 0.2) is 11.6 Å². The number of pyridine rings is 2. The SMILES string of the molecule is Cc1ncsc1-c1ccc([C@H](C)NC(=O)[C@@H]2C[C@@H](O)CN2C(=O)[C@H](c2cc(OCCC3CCN(C[C@H]4C[C@H](Oc5cc(N6C7CCC6CN(c6cc(-c8ccccc8O)nnc6N)C7)ccn5)C4)CC3)no2)C(C)C)cn1. The van der Waals surface area contributed by atoms with Crippen molar-refractivity contribution in [2.45, 2.75) is 121 Å². The topological polar surface area (TPSA) is 235 Å². The second kappa shape index (κ2) is 22.6. The van der Waals surface area contributed by atoms with Crippen LogP contribution < -0.4 is 30.3 Å². The molecule has 2 bridgehead atoms. The summed E-state index contributed by atoms with van der Waals surface area (Å²) in [5, 5.41) is 37.0. The first-order chi connectivity index (χ1) is 37.3. The minimum Gasteiger partial charge on any atom is -0.507 e. The van der Waals surface area contributed by atoms with Gasteiger partial charge in [-0.05, 0) is 131 Å². The number of nitrogen functional groups attached to an aromatic ring is 1. The van der Waals surface area contributed by atoms with Crippen LogP contribution in [0.15, 0.2) is 83.1 Å². The first-order valence-corrected chi connectivity index (χ1v) is 28.2. The molecule has 4 saturated heterocycles. The number of nitrogens with two attached hydrogens (primary N) is 1. The Morgan fingerprint density at radius 1 is 0.896 bits per heavy atom. The van der Waals surface area contributed by atoms with E-state index in [2.05, 4.69) is 62.5 Å². The van der Waals surface area contributed by atoms with E-state index in [1.54, 1.807) is 29.9 Å².